The van der Waals surface area contributed by atoms with Crippen LogP contribution in [0.4, 0.5) is 0 Å². The molecule has 17 heteroatoms. The van der Waals surface area contributed by atoms with Gasteiger partial charge in [-0.15, -0.1) is 0 Å². The summed E-state index contributed by atoms with van der Waals surface area (Å²) in [6.07, 6.45) is 2.56. The topological polar surface area (TPSA) is 264 Å². The minimum Gasteiger partial charge on any atom is -0.426 e. The fraction of sp³-hybridized carbons (Fsp3) is 0.485. The lowest BCUT2D eigenvalue weighted by Gasteiger charge is -2.25. The number of carbonyl (C=O) groups excluding carboxylic acids is 5. The summed E-state index contributed by atoms with van der Waals surface area (Å²) in [5.41, 5.74) is 19.1. The molecule has 13 N–H and O–H groups in total. The highest BCUT2D eigenvalue weighted by Gasteiger charge is 2.30. The number of rotatable bonds is 21. The van der Waals surface area contributed by atoms with E-state index >= 15 is 0 Å². The van der Waals surface area contributed by atoms with E-state index < -0.39 is 66.8 Å². The molecule has 2 aromatic carbocycles. The number of hydrogen-bond donors (Lipinski definition) is 10. The van der Waals surface area contributed by atoms with Crippen molar-refractivity contribution in [2.24, 2.45) is 17.2 Å². The number of unbranched alkanes of at least 4 members (excludes halogenated alkanes) is 2. The predicted molar refractivity (Wildman–Crippen MR) is 192 cm³/mol. The maximum atomic E-state index is 13.3. The van der Waals surface area contributed by atoms with E-state index in [9.17, 15) is 34.0 Å². The fourth-order valence-electron chi connectivity index (χ4n) is 4.80. The molecule has 2 rings (SSSR count). The number of hydrogen-bond acceptors (Lipinski definition) is 10. The van der Waals surface area contributed by atoms with Crippen LogP contribution in [0.2, 0.25) is 5.02 Å². The Morgan fingerprint density at radius 1 is 0.640 bits per heavy atom. The first kappa shape index (κ1) is 42.1. The van der Waals surface area contributed by atoms with E-state index in [0.29, 0.717) is 49.4 Å². The molecule has 0 saturated carbocycles. The van der Waals surface area contributed by atoms with Crippen molar-refractivity contribution in [2.75, 3.05) is 19.6 Å². The third-order valence-electron chi connectivity index (χ3n) is 7.91. The van der Waals surface area contributed by atoms with Gasteiger partial charge in [0, 0.05) is 17.1 Å². The van der Waals surface area contributed by atoms with E-state index in [1.54, 1.807) is 36.4 Å². The van der Waals surface area contributed by atoms with E-state index in [4.69, 9.17) is 28.8 Å². The van der Waals surface area contributed by atoms with Crippen LogP contribution in [0.3, 0.4) is 0 Å². The highest BCUT2D eigenvalue weighted by atomic mass is 35.5. The first-order chi connectivity index (χ1) is 23.8. The normalized spacial score (nSPS) is 13.9. The van der Waals surface area contributed by atoms with Gasteiger partial charge < -0.3 is 53.8 Å². The van der Waals surface area contributed by atoms with Gasteiger partial charge in [0.2, 0.25) is 23.6 Å². The van der Waals surface area contributed by atoms with Crippen LogP contribution >= 0.6 is 11.6 Å². The average molecular weight is 717 g/mol. The van der Waals surface area contributed by atoms with E-state index in [0.717, 1.165) is 11.1 Å². The van der Waals surface area contributed by atoms with Crippen molar-refractivity contribution >= 4 is 48.3 Å². The van der Waals surface area contributed by atoms with Gasteiger partial charge in [-0.1, -0.05) is 35.9 Å². The average Bonchev–Trinajstić information content (AvgIpc) is 3.09. The molecule has 0 spiro atoms. The summed E-state index contributed by atoms with van der Waals surface area (Å²) in [6, 6.07) is 9.57. The molecule has 0 aliphatic rings. The molecule has 2 aromatic rings. The Labute approximate surface area is 298 Å². The summed E-state index contributed by atoms with van der Waals surface area (Å²) in [7, 11) is -1.80. The lowest BCUT2D eigenvalue weighted by Crippen LogP contribution is -2.59. The zero-order chi connectivity index (χ0) is 37.2. The van der Waals surface area contributed by atoms with Crippen molar-refractivity contribution in [3.05, 3.63) is 59.1 Å². The van der Waals surface area contributed by atoms with Crippen LogP contribution in [0, 0.1) is 0 Å². The third kappa shape index (κ3) is 14.1. The first-order valence-corrected chi connectivity index (χ1v) is 17.0. The number of amides is 5. The standard InChI is InChI=1S/C33H50BClN8O7/c1-20(29(44)41-27(8-4-6-18-37)32(47)40-21(2)34(49)50)39-31(46)26(7-3-5-17-36)42-33(48)28(19-38)43-30(45)24-11-9-22(10-12-24)23-13-15-25(35)16-14-23/h9-16,20-21,26-28,49-50H,3-8,17-19,36-38H2,1-2H3,(H,39,46)(H,40,47)(H,41,44)(H,42,48)(H,43,45)/t20-,21-,26-,27-,28-/m0/s1. The summed E-state index contributed by atoms with van der Waals surface area (Å²) in [4.78, 5) is 65.5. The molecule has 0 radical (unpaired) electrons. The van der Waals surface area contributed by atoms with Crippen LogP contribution < -0.4 is 43.8 Å². The second kappa shape index (κ2) is 21.9. The summed E-state index contributed by atoms with van der Waals surface area (Å²) >= 11 is 5.97. The quantitative estimate of drug-likeness (QED) is 0.0574. The molecule has 0 saturated heterocycles. The minimum absolute atomic E-state index is 0.187. The molecular weight excluding hydrogens is 667 g/mol. The lowest BCUT2D eigenvalue weighted by atomic mass is 9.81. The van der Waals surface area contributed by atoms with E-state index in [1.165, 1.54) is 13.8 Å². The van der Waals surface area contributed by atoms with Gasteiger partial charge in [-0.3, -0.25) is 24.0 Å². The van der Waals surface area contributed by atoms with Crippen molar-refractivity contribution in [1.82, 2.24) is 26.6 Å². The van der Waals surface area contributed by atoms with Crippen LogP contribution in [-0.2, 0) is 19.2 Å². The van der Waals surface area contributed by atoms with Gasteiger partial charge in [-0.25, -0.2) is 0 Å². The van der Waals surface area contributed by atoms with E-state index in [-0.39, 0.29) is 19.4 Å². The van der Waals surface area contributed by atoms with E-state index in [2.05, 4.69) is 26.6 Å². The number of halogens is 1. The Morgan fingerprint density at radius 2 is 1.10 bits per heavy atom. The second-order valence-corrected chi connectivity index (χ2v) is 12.4. The summed E-state index contributed by atoms with van der Waals surface area (Å²) in [5.74, 6) is -4.20. The zero-order valence-electron chi connectivity index (χ0n) is 28.5. The van der Waals surface area contributed by atoms with Crippen molar-refractivity contribution in [3.63, 3.8) is 0 Å². The van der Waals surface area contributed by atoms with Gasteiger partial charge in [0.1, 0.15) is 24.2 Å². The lowest BCUT2D eigenvalue weighted by molar-refractivity contribution is -0.133. The predicted octanol–water partition coefficient (Wildman–Crippen LogP) is -0.687. The molecule has 0 unspecified atom stereocenters. The van der Waals surface area contributed by atoms with Crippen molar-refractivity contribution in [2.45, 2.75) is 82.5 Å². The highest BCUT2D eigenvalue weighted by molar-refractivity contribution is 6.43. The van der Waals surface area contributed by atoms with Crippen molar-refractivity contribution in [1.29, 1.82) is 0 Å². The largest absolute Gasteiger partial charge is 0.475 e. The first-order valence-electron chi connectivity index (χ1n) is 16.7. The number of benzene rings is 2. The molecule has 0 aliphatic carbocycles. The molecule has 0 aliphatic heterocycles. The fourth-order valence-corrected chi connectivity index (χ4v) is 4.93. The minimum atomic E-state index is -1.80. The zero-order valence-corrected chi connectivity index (χ0v) is 29.2. The molecule has 0 fully saturated rings. The second-order valence-electron chi connectivity index (χ2n) is 12.0. The Bertz CT molecular complexity index is 1400. The maximum Gasteiger partial charge on any atom is 0.475 e. The number of nitrogens with one attached hydrogen (secondary N) is 5. The van der Waals surface area contributed by atoms with Gasteiger partial charge in [-0.05, 0) is 101 Å². The van der Waals surface area contributed by atoms with Crippen LogP contribution in [0.15, 0.2) is 48.5 Å². The number of nitrogens with two attached hydrogens (primary N) is 3. The Hall–Kier alpha value is -4.06. The monoisotopic (exact) mass is 716 g/mol. The summed E-state index contributed by atoms with van der Waals surface area (Å²) < 4.78 is 0. The van der Waals surface area contributed by atoms with Gasteiger partial charge in [0.25, 0.3) is 5.91 Å². The van der Waals surface area contributed by atoms with Gasteiger partial charge in [0.15, 0.2) is 0 Å². The molecule has 5 atom stereocenters. The number of carbonyl (C=O) groups is 5. The Morgan fingerprint density at radius 3 is 1.58 bits per heavy atom. The Kier molecular flexibility index (Phi) is 18.5. The van der Waals surface area contributed by atoms with Gasteiger partial charge in [-0.2, -0.15) is 0 Å². The highest BCUT2D eigenvalue weighted by Crippen LogP contribution is 2.22. The van der Waals surface area contributed by atoms with Crippen LogP contribution in [0.1, 0.15) is 62.7 Å². The van der Waals surface area contributed by atoms with Crippen LogP contribution in [0.5, 0.6) is 0 Å². The molecule has 0 heterocycles. The molecule has 274 valence electrons. The van der Waals surface area contributed by atoms with Crippen LogP contribution in [0.25, 0.3) is 11.1 Å². The Balaban J connectivity index is 2.08. The maximum absolute atomic E-state index is 13.3. The molecule has 50 heavy (non-hydrogen) atoms. The van der Waals surface area contributed by atoms with Gasteiger partial charge in [0.05, 0.1) is 5.94 Å². The van der Waals surface area contributed by atoms with Crippen LogP contribution in [-0.4, -0.2) is 96.4 Å². The summed E-state index contributed by atoms with van der Waals surface area (Å²) in [6.45, 7) is 3.30. The van der Waals surface area contributed by atoms with Gasteiger partial charge >= 0.3 is 7.12 Å². The molecule has 15 nitrogen and oxygen atoms in total. The van der Waals surface area contributed by atoms with Crippen molar-refractivity contribution < 1.29 is 34.0 Å². The molecule has 0 bridgehead atoms. The van der Waals surface area contributed by atoms with Crippen molar-refractivity contribution in [3.8, 4) is 11.1 Å². The summed E-state index contributed by atoms with van der Waals surface area (Å²) in [5, 5.41) is 32.1. The SMILES string of the molecule is C[C@H](NC(=O)[C@H](CCCCN)NC(=O)[C@H](C)NC(=O)[C@H](CCCCN)NC(=O)[C@H](CN)NC(=O)c1ccc(-c2ccc(Cl)cc2)cc1)B(O)O. The smallest absolute Gasteiger partial charge is 0.426 e. The third-order valence-corrected chi connectivity index (χ3v) is 8.16. The molecule has 0 aromatic heterocycles. The molecule has 5 amide bonds. The molecular formula is C33H50BClN8O7. The van der Waals surface area contributed by atoms with E-state index in [1.807, 2.05) is 12.1 Å².